The van der Waals surface area contributed by atoms with Crippen LogP contribution in [0.1, 0.15) is 37.5 Å². The first kappa shape index (κ1) is 22.6. The fraction of sp³-hybridized carbons (Fsp3) is 0.381. The molecular formula is C21H26BrNO4S. The lowest BCUT2D eigenvalue weighted by Gasteiger charge is -2.25. The van der Waals surface area contributed by atoms with Crippen molar-refractivity contribution in [1.82, 2.24) is 4.31 Å². The number of sulfonamides is 1. The number of hydrogen-bond donors (Lipinski definition) is 0. The maximum atomic E-state index is 13.2. The Morgan fingerprint density at radius 2 is 1.61 bits per heavy atom. The SMILES string of the molecule is Cc1ccc(S(=O)(=O)N(CC(=O)OC(C)(C)C)Cc2cc(C)ccc2Br)cc1. The molecule has 2 aromatic rings. The fourth-order valence-electron chi connectivity index (χ4n) is 2.62. The van der Waals surface area contributed by atoms with Crippen LogP contribution < -0.4 is 0 Å². The molecule has 0 atom stereocenters. The van der Waals surface area contributed by atoms with Crippen molar-refractivity contribution < 1.29 is 17.9 Å². The number of rotatable bonds is 6. The van der Waals surface area contributed by atoms with Crippen molar-refractivity contribution in [3.63, 3.8) is 0 Å². The van der Waals surface area contributed by atoms with Crippen LogP contribution in [0.5, 0.6) is 0 Å². The van der Waals surface area contributed by atoms with Crippen molar-refractivity contribution in [2.75, 3.05) is 6.54 Å². The molecule has 0 unspecified atom stereocenters. The summed E-state index contributed by atoms with van der Waals surface area (Å²) in [6.45, 7) is 8.76. The summed E-state index contributed by atoms with van der Waals surface area (Å²) in [5, 5.41) is 0. The molecule has 0 aromatic heterocycles. The van der Waals surface area contributed by atoms with E-state index in [-0.39, 0.29) is 18.0 Å². The highest BCUT2D eigenvalue weighted by Crippen LogP contribution is 2.24. The van der Waals surface area contributed by atoms with Crippen LogP contribution in [0.4, 0.5) is 0 Å². The van der Waals surface area contributed by atoms with Gasteiger partial charge in [-0.1, -0.05) is 51.3 Å². The van der Waals surface area contributed by atoms with Crippen LogP contribution in [0, 0.1) is 13.8 Å². The van der Waals surface area contributed by atoms with Gasteiger partial charge in [-0.2, -0.15) is 4.31 Å². The van der Waals surface area contributed by atoms with Crippen molar-refractivity contribution in [3.8, 4) is 0 Å². The van der Waals surface area contributed by atoms with Crippen LogP contribution in [0.2, 0.25) is 0 Å². The zero-order chi connectivity index (χ0) is 21.1. The third-order valence-corrected chi connectivity index (χ3v) is 6.51. The van der Waals surface area contributed by atoms with Gasteiger partial charge < -0.3 is 4.74 Å². The Labute approximate surface area is 175 Å². The van der Waals surface area contributed by atoms with Crippen LogP contribution in [-0.2, 0) is 26.1 Å². The molecule has 0 aliphatic carbocycles. The maximum Gasteiger partial charge on any atom is 0.321 e. The van der Waals surface area contributed by atoms with Crippen LogP contribution in [0.3, 0.4) is 0 Å². The van der Waals surface area contributed by atoms with E-state index in [9.17, 15) is 13.2 Å². The molecule has 0 radical (unpaired) electrons. The number of carbonyl (C=O) groups excluding carboxylic acids is 1. The molecule has 2 rings (SSSR count). The number of ether oxygens (including phenoxy) is 1. The average Bonchev–Trinajstić information content (AvgIpc) is 2.56. The third-order valence-electron chi connectivity index (χ3n) is 3.93. The smallest absolute Gasteiger partial charge is 0.321 e. The second kappa shape index (κ2) is 8.76. The molecule has 2 aromatic carbocycles. The van der Waals surface area contributed by atoms with Gasteiger partial charge in [-0.3, -0.25) is 4.79 Å². The van der Waals surface area contributed by atoms with Crippen LogP contribution in [-0.4, -0.2) is 30.8 Å². The first-order valence-electron chi connectivity index (χ1n) is 8.92. The van der Waals surface area contributed by atoms with Gasteiger partial charge in [-0.25, -0.2) is 8.42 Å². The van der Waals surface area contributed by atoms with Gasteiger partial charge in [-0.15, -0.1) is 0 Å². The van der Waals surface area contributed by atoms with Crippen molar-refractivity contribution in [2.24, 2.45) is 0 Å². The van der Waals surface area contributed by atoms with Crippen LogP contribution in [0.15, 0.2) is 51.8 Å². The lowest BCUT2D eigenvalue weighted by Crippen LogP contribution is -2.38. The monoisotopic (exact) mass is 467 g/mol. The predicted octanol–water partition coefficient (Wildman–Crippen LogP) is 4.60. The highest BCUT2D eigenvalue weighted by molar-refractivity contribution is 9.10. The Morgan fingerprint density at radius 3 is 2.18 bits per heavy atom. The summed E-state index contributed by atoms with van der Waals surface area (Å²) in [4.78, 5) is 12.5. The molecule has 28 heavy (non-hydrogen) atoms. The number of hydrogen-bond acceptors (Lipinski definition) is 4. The summed E-state index contributed by atoms with van der Waals surface area (Å²) < 4.78 is 33.8. The van der Waals surface area contributed by atoms with E-state index in [2.05, 4.69) is 15.9 Å². The standard InChI is InChI=1S/C21H26BrNO4S/c1-15-6-9-18(10-7-15)28(25,26)23(14-20(24)27-21(3,4)5)13-17-12-16(2)8-11-19(17)22/h6-12H,13-14H2,1-5H3. The molecule has 0 saturated carbocycles. The largest absolute Gasteiger partial charge is 0.459 e. The zero-order valence-corrected chi connectivity index (χ0v) is 19.2. The van der Waals surface area contributed by atoms with Gasteiger partial charge in [0.1, 0.15) is 12.1 Å². The lowest BCUT2D eigenvalue weighted by atomic mass is 10.1. The van der Waals surface area contributed by atoms with Crippen molar-refractivity contribution in [3.05, 3.63) is 63.6 Å². The fourth-order valence-corrected chi connectivity index (χ4v) is 4.35. The van der Waals surface area contributed by atoms with Gasteiger partial charge in [0.25, 0.3) is 0 Å². The Bertz CT molecular complexity index is 947. The maximum absolute atomic E-state index is 13.2. The van der Waals surface area contributed by atoms with E-state index in [1.54, 1.807) is 45.0 Å². The minimum atomic E-state index is -3.88. The number of halogens is 1. The topological polar surface area (TPSA) is 63.7 Å². The molecule has 0 saturated heterocycles. The van der Waals surface area contributed by atoms with E-state index in [4.69, 9.17) is 4.74 Å². The molecule has 0 bridgehead atoms. The number of nitrogens with zero attached hydrogens (tertiary/aromatic N) is 1. The van der Waals surface area contributed by atoms with E-state index >= 15 is 0 Å². The Kier molecular flexibility index (Phi) is 7.07. The van der Waals surface area contributed by atoms with Gasteiger partial charge in [0, 0.05) is 11.0 Å². The zero-order valence-electron chi connectivity index (χ0n) is 16.8. The van der Waals surface area contributed by atoms with Crippen molar-refractivity contribution >= 4 is 31.9 Å². The molecule has 0 aliphatic rings. The Morgan fingerprint density at radius 1 is 1.04 bits per heavy atom. The third kappa shape index (κ3) is 6.15. The molecule has 0 heterocycles. The summed E-state index contributed by atoms with van der Waals surface area (Å²) in [5.74, 6) is -0.591. The number of benzene rings is 2. The van der Waals surface area contributed by atoms with Crippen LogP contribution in [0.25, 0.3) is 0 Å². The van der Waals surface area contributed by atoms with E-state index < -0.39 is 21.6 Å². The Hall–Kier alpha value is -1.70. The number of esters is 1. The van der Waals surface area contributed by atoms with Gasteiger partial charge in [0.2, 0.25) is 10.0 Å². The molecule has 0 spiro atoms. The second-order valence-corrected chi connectivity index (χ2v) is 10.6. The molecule has 0 aliphatic heterocycles. The summed E-state index contributed by atoms with van der Waals surface area (Å²) in [6, 6.07) is 12.3. The second-order valence-electron chi connectivity index (χ2n) is 7.77. The predicted molar refractivity (Wildman–Crippen MR) is 113 cm³/mol. The van der Waals surface area contributed by atoms with E-state index in [1.807, 2.05) is 32.0 Å². The number of carbonyl (C=O) groups is 1. The van der Waals surface area contributed by atoms with E-state index in [0.29, 0.717) is 0 Å². The molecule has 152 valence electrons. The van der Waals surface area contributed by atoms with Gasteiger partial charge in [0.05, 0.1) is 4.90 Å². The minimum absolute atomic E-state index is 0.0533. The first-order valence-corrected chi connectivity index (χ1v) is 11.2. The molecule has 0 amide bonds. The van der Waals surface area contributed by atoms with Gasteiger partial charge in [0.15, 0.2) is 0 Å². The molecule has 5 nitrogen and oxygen atoms in total. The number of aryl methyl sites for hydroxylation is 2. The van der Waals surface area contributed by atoms with E-state index in [0.717, 1.165) is 25.5 Å². The lowest BCUT2D eigenvalue weighted by molar-refractivity contribution is -0.155. The van der Waals surface area contributed by atoms with E-state index in [1.165, 1.54) is 0 Å². The molecule has 7 heteroatoms. The summed E-state index contributed by atoms with van der Waals surface area (Å²) in [6.07, 6.45) is 0. The highest BCUT2D eigenvalue weighted by Gasteiger charge is 2.29. The summed E-state index contributed by atoms with van der Waals surface area (Å²) in [7, 11) is -3.88. The normalized spacial score (nSPS) is 12.2. The summed E-state index contributed by atoms with van der Waals surface area (Å²) in [5.41, 5.74) is 2.04. The van der Waals surface area contributed by atoms with Crippen LogP contribution >= 0.6 is 15.9 Å². The Balaban J connectivity index is 2.41. The molecular weight excluding hydrogens is 442 g/mol. The minimum Gasteiger partial charge on any atom is -0.459 e. The highest BCUT2D eigenvalue weighted by atomic mass is 79.9. The van der Waals surface area contributed by atoms with Gasteiger partial charge in [-0.05, 0) is 58.4 Å². The average molecular weight is 468 g/mol. The van der Waals surface area contributed by atoms with Crippen molar-refractivity contribution in [1.29, 1.82) is 0 Å². The summed E-state index contributed by atoms with van der Waals surface area (Å²) >= 11 is 3.47. The first-order chi connectivity index (χ1) is 12.9. The molecule has 0 fully saturated rings. The quantitative estimate of drug-likeness (QED) is 0.582. The molecule has 0 N–H and O–H groups in total. The van der Waals surface area contributed by atoms with Crippen molar-refractivity contribution in [2.45, 2.75) is 51.7 Å². The van der Waals surface area contributed by atoms with Gasteiger partial charge >= 0.3 is 5.97 Å².